The highest BCUT2D eigenvalue weighted by atomic mass is 16.4. The Morgan fingerprint density at radius 1 is 1.15 bits per heavy atom. The van der Waals surface area contributed by atoms with Crippen molar-refractivity contribution in [3.63, 3.8) is 0 Å². The van der Waals surface area contributed by atoms with E-state index < -0.39 is 11.9 Å². The summed E-state index contributed by atoms with van der Waals surface area (Å²) in [5.74, 6) is -2.16. The molecule has 0 saturated carbocycles. The molecule has 1 aromatic carbocycles. The Labute approximate surface area is 117 Å². The van der Waals surface area contributed by atoms with Crippen LogP contribution in [-0.4, -0.2) is 34.7 Å². The Morgan fingerprint density at radius 3 is 2.40 bits per heavy atom. The minimum Gasteiger partial charge on any atom is -0.478 e. The minimum atomic E-state index is -1.08. The summed E-state index contributed by atoms with van der Waals surface area (Å²) in [5, 5.41) is 18.1. The second-order valence-electron chi connectivity index (χ2n) is 4.73. The van der Waals surface area contributed by atoms with Crippen LogP contribution in [0.25, 0.3) is 0 Å². The van der Waals surface area contributed by atoms with Crippen LogP contribution in [0.2, 0.25) is 0 Å². The van der Waals surface area contributed by atoms with E-state index in [2.05, 4.69) is 0 Å². The molecular weight excluding hydrogens is 260 g/mol. The SMILES string of the molecule is NCCCC[C@H](N)Cc1cc(C(=O)O)ccc1C(=O)O. The van der Waals surface area contributed by atoms with E-state index in [9.17, 15) is 9.59 Å². The first-order chi connectivity index (χ1) is 9.45. The molecule has 0 aliphatic heterocycles. The Bertz CT molecular complexity index is 488. The van der Waals surface area contributed by atoms with Crippen LogP contribution in [0.3, 0.4) is 0 Å². The second-order valence-corrected chi connectivity index (χ2v) is 4.73. The molecule has 0 unspecified atom stereocenters. The average Bonchev–Trinajstić information content (AvgIpc) is 2.38. The van der Waals surface area contributed by atoms with Crippen molar-refractivity contribution in [1.82, 2.24) is 0 Å². The van der Waals surface area contributed by atoms with Gasteiger partial charge in [0.15, 0.2) is 0 Å². The van der Waals surface area contributed by atoms with E-state index in [4.69, 9.17) is 21.7 Å². The molecule has 1 rings (SSSR count). The Kier molecular flexibility index (Phi) is 6.14. The topological polar surface area (TPSA) is 127 Å². The lowest BCUT2D eigenvalue weighted by Crippen LogP contribution is -2.24. The van der Waals surface area contributed by atoms with Crippen molar-refractivity contribution in [2.45, 2.75) is 31.7 Å². The molecule has 0 bridgehead atoms. The van der Waals surface area contributed by atoms with Gasteiger partial charge in [-0.05, 0) is 49.6 Å². The first kappa shape index (κ1) is 16.1. The van der Waals surface area contributed by atoms with Crippen molar-refractivity contribution in [2.24, 2.45) is 11.5 Å². The van der Waals surface area contributed by atoms with E-state index in [1.807, 2.05) is 0 Å². The van der Waals surface area contributed by atoms with Crippen molar-refractivity contribution >= 4 is 11.9 Å². The number of aromatic carboxylic acids is 2. The fourth-order valence-corrected chi connectivity index (χ4v) is 2.04. The summed E-state index contributed by atoms with van der Waals surface area (Å²) in [4.78, 5) is 22.1. The van der Waals surface area contributed by atoms with Crippen LogP contribution in [0.1, 0.15) is 45.5 Å². The molecule has 0 amide bonds. The third-order valence-corrected chi connectivity index (χ3v) is 3.09. The first-order valence-corrected chi connectivity index (χ1v) is 6.51. The van der Waals surface area contributed by atoms with E-state index in [0.717, 1.165) is 19.3 Å². The summed E-state index contributed by atoms with van der Waals surface area (Å²) >= 11 is 0. The number of carbonyl (C=O) groups is 2. The zero-order valence-electron chi connectivity index (χ0n) is 11.2. The number of nitrogens with two attached hydrogens (primary N) is 2. The summed E-state index contributed by atoms with van der Waals surface area (Å²) < 4.78 is 0. The highest BCUT2D eigenvalue weighted by molar-refractivity contribution is 5.93. The van der Waals surface area contributed by atoms with E-state index in [-0.39, 0.29) is 17.2 Å². The molecule has 6 N–H and O–H groups in total. The monoisotopic (exact) mass is 280 g/mol. The van der Waals surface area contributed by atoms with Gasteiger partial charge in [0, 0.05) is 6.04 Å². The molecule has 1 atom stereocenters. The van der Waals surface area contributed by atoms with Crippen molar-refractivity contribution in [1.29, 1.82) is 0 Å². The molecule has 0 aromatic heterocycles. The van der Waals surface area contributed by atoms with Gasteiger partial charge in [-0.1, -0.05) is 6.42 Å². The molecule has 20 heavy (non-hydrogen) atoms. The van der Waals surface area contributed by atoms with Crippen LogP contribution in [0.5, 0.6) is 0 Å². The van der Waals surface area contributed by atoms with Crippen LogP contribution in [-0.2, 0) is 6.42 Å². The van der Waals surface area contributed by atoms with Crippen molar-refractivity contribution in [3.05, 3.63) is 34.9 Å². The Morgan fingerprint density at radius 2 is 1.85 bits per heavy atom. The van der Waals surface area contributed by atoms with E-state index in [1.165, 1.54) is 18.2 Å². The maximum absolute atomic E-state index is 11.1. The third kappa shape index (κ3) is 4.64. The third-order valence-electron chi connectivity index (χ3n) is 3.09. The van der Waals surface area contributed by atoms with Gasteiger partial charge in [0.1, 0.15) is 0 Å². The molecule has 1 aromatic rings. The molecule has 6 heteroatoms. The van der Waals surface area contributed by atoms with Crippen LogP contribution >= 0.6 is 0 Å². The van der Waals surface area contributed by atoms with Crippen LogP contribution < -0.4 is 11.5 Å². The van der Waals surface area contributed by atoms with Gasteiger partial charge in [-0.15, -0.1) is 0 Å². The lowest BCUT2D eigenvalue weighted by atomic mass is 9.95. The summed E-state index contributed by atoms with van der Waals surface area (Å²) in [6.07, 6.45) is 2.81. The lowest BCUT2D eigenvalue weighted by molar-refractivity contribution is 0.0680. The first-order valence-electron chi connectivity index (χ1n) is 6.51. The lowest BCUT2D eigenvalue weighted by Gasteiger charge is -2.13. The number of unbranched alkanes of at least 4 members (excludes halogenated alkanes) is 1. The van der Waals surface area contributed by atoms with Crippen LogP contribution in [0.15, 0.2) is 18.2 Å². The summed E-state index contributed by atoms with van der Waals surface area (Å²) in [6, 6.07) is 3.78. The maximum atomic E-state index is 11.1. The molecule has 6 nitrogen and oxygen atoms in total. The molecule has 0 fully saturated rings. The van der Waals surface area contributed by atoms with Crippen LogP contribution in [0, 0.1) is 0 Å². The molecular formula is C14H20N2O4. The van der Waals surface area contributed by atoms with Gasteiger partial charge >= 0.3 is 11.9 Å². The smallest absolute Gasteiger partial charge is 0.335 e. The number of carboxylic acid groups (broad SMARTS) is 2. The molecule has 110 valence electrons. The van der Waals surface area contributed by atoms with Gasteiger partial charge in [0.05, 0.1) is 11.1 Å². The van der Waals surface area contributed by atoms with Gasteiger partial charge in [0.25, 0.3) is 0 Å². The van der Waals surface area contributed by atoms with Gasteiger partial charge in [-0.2, -0.15) is 0 Å². The van der Waals surface area contributed by atoms with Gasteiger partial charge in [-0.3, -0.25) is 0 Å². The zero-order valence-corrected chi connectivity index (χ0v) is 11.2. The number of carboxylic acids is 2. The zero-order chi connectivity index (χ0) is 15.1. The largest absolute Gasteiger partial charge is 0.478 e. The Balaban J connectivity index is 2.87. The minimum absolute atomic E-state index is 0.0687. The molecule has 0 aliphatic carbocycles. The fraction of sp³-hybridized carbons (Fsp3) is 0.429. The second kappa shape index (κ2) is 7.62. The summed E-state index contributed by atoms with van der Waals surface area (Å²) in [5.41, 5.74) is 12.0. The van der Waals surface area contributed by atoms with Crippen LogP contribution in [0.4, 0.5) is 0 Å². The molecule has 0 radical (unpaired) electrons. The Hall–Kier alpha value is -1.92. The quantitative estimate of drug-likeness (QED) is 0.528. The molecule has 0 spiro atoms. The number of benzene rings is 1. The maximum Gasteiger partial charge on any atom is 0.335 e. The van der Waals surface area contributed by atoms with Crippen molar-refractivity contribution in [2.75, 3.05) is 6.54 Å². The number of rotatable bonds is 8. The summed E-state index contributed by atoms with van der Waals surface area (Å²) in [7, 11) is 0. The predicted molar refractivity (Wildman–Crippen MR) is 74.9 cm³/mol. The van der Waals surface area contributed by atoms with Crippen molar-refractivity contribution < 1.29 is 19.8 Å². The highest BCUT2D eigenvalue weighted by Crippen LogP contribution is 2.16. The fourth-order valence-electron chi connectivity index (χ4n) is 2.04. The predicted octanol–water partition coefficient (Wildman–Crippen LogP) is 1.08. The molecule has 0 saturated heterocycles. The molecule has 0 aliphatic rings. The molecule has 0 heterocycles. The summed E-state index contributed by atoms with van der Waals surface area (Å²) in [6.45, 7) is 0.599. The standard InChI is InChI=1S/C14H20N2O4/c15-6-2-1-3-11(16)8-10-7-9(13(17)18)4-5-12(10)14(19)20/h4-5,7,11H,1-3,6,8,15-16H2,(H,17,18)(H,19,20)/t11-/m0/s1. The van der Waals surface area contributed by atoms with Gasteiger partial charge < -0.3 is 21.7 Å². The van der Waals surface area contributed by atoms with E-state index in [0.29, 0.717) is 18.5 Å². The highest BCUT2D eigenvalue weighted by Gasteiger charge is 2.15. The van der Waals surface area contributed by atoms with E-state index >= 15 is 0 Å². The number of hydrogen-bond donors (Lipinski definition) is 4. The van der Waals surface area contributed by atoms with Gasteiger partial charge in [0.2, 0.25) is 0 Å². The number of hydrogen-bond acceptors (Lipinski definition) is 4. The average molecular weight is 280 g/mol. The van der Waals surface area contributed by atoms with Crippen molar-refractivity contribution in [3.8, 4) is 0 Å². The van der Waals surface area contributed by atoms with Gasteiger partial charge in [-0.25, -0.2) is 9.59 Å². The van der Waals surface area contributed by atoms with E-state index in [1.54, 1.807) is 0 Å². The normalized spacial score (nSPS) is 12.1.